The topological polar surface area (TPSA) is 75.4 Å². The van der Waals surface area contributed by atoms with Gasteiger partial charge in [-0.25, -0.2) is 4.79 Å². The summed E-state index contributed by atoms with van der Waals surface area (Å²) in [5.41, 5.74) is 4.98. The number of urea groups is 1. The smallest absolute Gasteiger partial charge is 0.317 e. The minimum atomic E-state index is -0.387. The lowest BCUT2D eigenvalue weighted by Gasteiger charge is -2.30. The zero-order valence-corrected chi connectivity index (χ0v) is 9.16. The molecule has 1 saturated heterocycles. The monoisotopic (exact) mass is 213 g/mol. The van der Waals surface area contributed by atoms with Gasteiger partial charge in [-0.2, -0.15) is 0 Å². The van der Waals surface area contributed by atoms with E-state index >= 15 is 0 Å². The predicted octanol–water partition coefficient (Wildman–Crippen LogP) is 0.303. The van der Waals surface area contributed by atoms with Crippen LogP contribution in [0.2, 0.25) is 0 Å². The van der Waals surface area contributed by atoms with Crippen molar-refractivity contribution in [1.29, 1.82) is 0 Å². The van der Waals surface area contributed by atoms with Crippen LogP contribution in [0.3, 0.4) is 0 Å². The van der Waals surface area contributed by atoms with Crippen molar-refractivity contribution < 1.29 is 9.59 Å². The SMILES string of the molecule is CC1CCCN(C(=O)NCCC(N)=O)C1. The standard InChI is InChI=1S/C10H19N3O2/c1-8-3-2-6-13(7-8)10(15)12-5-4-9(11)14/h8H,2-7H2,1H3,(H2,11,14)(H,12,15). The van der Waals surface area contributed by atoms with Gasteiger partial charge in [-0.1, -0.05) is 6.92 Å². The van der Waals surface area contributed by atoms with Crippen LogP contribution in [-0.4, -0.2) is 36.5 Å². The van der Waals surface area contributed by atoms with Crippen molar-refractivity contribution in [2.45, 2.75) is 26.2 Å². The van der Waals surface area contributed by atoms with Crippen molar-refractivity contribution in [2.75, 3.05) is 19.6 Å². The molecule has 1 aliphatic heterocycles. The van der Waals surface area contributed by atoms with Crippen LogP contribution >= 0.6 is 0 Å². The van der Waals surface area contributed by atoms with E-state index in [0.717, 1.165) is 19.5 Å². The second kappa shape index (κ2) is 5.58. The number of rotatable bonds is 3. The average Bonchev–Trinajstić information content (AvgIpc) is 2.17. The van der Waals surface area contributed by atoms with Gasteiger partial charge in [-0.15, -0.1) is 0 Å². The summed E-state index contributed by atoms with van der Waals surface area (Å²) in [6.45, 7) is 4.09. The Balaban J connectivity index is 2.24. The van der Waals surface area contributed by atoms with Gasteiger partial charge in [-0.05, 0) is 18.8 Å². The average molecular weight is 213 g/mol. The summed E-state index contributed by atoms with van der Waals surface area (Å²) in [5, 5.41) is 2.69. The van der Waals surface area contributed by atoms with Gasteiger partial charge in [0.2, 0.25) is 5.91 Å². The molecule has 1 atom stereocenters. The summed E-state index contributed by atoms with van der Waals surface area (Å²) >= 11 is 0. The minimum absolute atomic E-state index is 0.0807. The molecule has 0 aromatic heterocycles. The van der Waals surface area contributed by atoms with Gasteiger partial charge in [0.05, 0.1) is 0 Å². The number of nitrogens with zero attached hydrogens (tertiary/aromatic N) is 1. The Kier molecular flexibility index (Phi) is 4.39. The Labute approximate surface area is 90.0 Å². The number of nitrogens with two attached hydrogens (primary N) is 1. The molecule has 5 nitrogen and oxygen atoms in total. The van der Waals surface area contributed by atoms with Crippen LogP contribution in [0.5, 0.6) is 0 Å². The summed E-state index contributed by atoms with van der Waals surface area (Å²) in [5.74, 6) is 0.183. The van der Waals surface area contributed by atoms with Gasteiger partial charge >= 0.3 is 6.03 Å². The Morgan fingerprint density at radius 3 is 2.87 bits per heavy atom. The normalized spacial score (nSPS) is 21.1. The zero-order chi connectivity index (χ0) is 11.3. The molecule has 86 valence electrons. The number of carbonyl (C=O) groups is 2. The first-order valence-electron chi connectivity index (χ1n) is 5.40. The lowest BCUT2D eigenvalue weighted by Crippen LogP contribution is -2.45. The van der Waals surface area contributed by atoms with Crippen LogP contribution in [-0.2, 0) is 4.79 Å². The first-order valence-corrected chi connectivity index (χ1v) is 5.40. The van der Waals surface area contributed by atoms with Crippen molar-refractivity contribution in [1.82, 2.24) is 10.2 Å². The molecule has 1 unspecified atom stereocenters. The molecular formula is C10H19N3O2. The second-order valence-corrected chi connectivity index (χ2v) is 4.14. The fraction of sp³-hybridized carbons (Fsp3) is 0.800. The molecule has 0 aromatic carbocycles. The van der Waals surface area contributed by atoms with Gasteiger partial charge in [0.1, 0.15) is 0 Å². The molecule has 0 aromatic rings. The molecule has 0 spiro atoms. The van der Waals surface area contributed by atoms with Crippen molar-refractivity contribution >= 4 is 11.9 Å². The van der Waals surface area contributed by atoms with Crippen LogP contribution in [0.4, 0.5) is 4.79 Å². The highest BCUT2D eigenvalue weighted by Crippen LogP contribution is 2.14. The van der Waals surface area contributed by atoms with E-state index in [9.17, 15) is 9.59 Å². The first-order chi connectivity index (χ1) is 7.09. The summed E-state index contributed by atoms with van der Waals surface area (Å²) < 4.78 is 0. The number of likely N-dealkylation sites (tertiary alicyclic amines) is 1. The third-order valence-corrected chi connectivity index (χ3v) is 2.59. The number of hydrogen-bond acceptors (Lipinski definition) is 2. The number of hydrogen-bond donors (Lipinski definition) is 2. The largest absolute Gasteiger partial charge is 0.370 e. The predicted molar refractivity (Wildman–Crippen MR) is 57.2 cm³/mol. The van der Waals surface area contributed by atoms with Crippen molar-refractivity contribution in [3.63, 3.8) is 0 Å². The Hall–Kier alpha value is -1.26. The lowest BCUT2D eigenvalue weighted by molar-refractivity contribution is -0.117. The quantitative estimate of drug-likeness (QED) is 0.707. The van der Waals surface area contributed by atoms with Crippen LogP contribution in [0.15, 0.2) is 0 Å². The summed E-state index contributed by atoms with van der Waals surface area (Å²) in [6.07, 6.45) is 2.45. The zero-order valence-electron chi connectivity index (χ0n) is 9.16. The maximum atomic E-state index is 11.6. The number of piperidine rings is 1. The molecule has 1 heterocycles. The van der Waals surface area contributed by atoms with E-state index in [4.69, 9.17) is 5.73 Å². The van der Waals surface area contributed by atoms with Crippen LogP contribution in [0, 0.1) is 5.92 Å². The molecule has 0 saturated carbocycles. The van der Waals surface area contributed by atoms with E-state index < -0.39 is 0 Å². The third kappa shape index (κ3) is 4.18. The maximum Gasteiger partial charge on any atom is 0.317 e. The molecule has 1 fully saturated rings. The van der Waals surface area contributed by atoms with Gasteiger partial charge in [0.25, 0.3) is 0 Å². The Morgan fingerprint density at radius 1 is 1.53 bits per heavy atom. The molecule has 5 heteroatoms. The lowest BCUT2D eigenvalue weighted by atomic mass is 10.0. The first kappa shape index (κ1) is 11.8. The van der Waals surface area contributed by atoms with Crippen molar-refractivity contribution in [2.24, 2.45) is 11.7 Å². The Morgan fingerprint density at radius 2 is 2.27 bits per heavy atom. The highest BCUT2D eigenvalue weighted by Gasteiger charge is 2.20. The molecule has 0 bridgehead atoms. The van der Waals surface area contributed by atoms with Gasteiger partial charge in [-0.3, -0.25) is 4.79 Å². The highest BCUT2D eigenvalue weighted by molar-refractivity contribution is 5.77. The van der Waals surface area contributed by atoms with Crippen molar-refractivity contribution in [3.8, 4) is 0 Å². The number of nitrogens with one attached hydrogen (secondary N) is 1. The van der Waals surface area contributed by atoms with Crippen LogP contribution < -0.4 is 11.1 Å². The molecule has 1 rings (SSSR count). The van der Waals surface area contributed by atoms with Gasteiger partial charge < -0.3 is 16.0 Å². The fourth-order valence-corrected chi connectivity index (χ4v) is 1.78. The molecule has 0 radical (unpaired) electrons. The van der Waals surface area contributed by atoms with E-state index in [2.05, 4.69) is 12.2 Å². The molecule has 15 heavy (non-hydrogen) atoms. The summed E-state index contributed by atoms with van der Waals surface area (Å²) in [6, 6.07) is -0.0807. The summed E-state index contributed by atoms with van der Waals surface area (Å²) in [4.78, 5) is 23.9. The molecule has 3 N–H and O–H groups in total. The Bertz CT molecular complexity index is 243. The number of carbonyl (C=O) groups excluding carboxylic acids is 2. The molecule has 0 aliphatic carbocycles. The second-order valence-electron chi connectivity index (χ2n) is 4.14. The van der Waals surface area contributed by atoms with E-state index in [1.807, 2.05) is 0 Å². The number of primary amides is 1. The van der Waals surface area contributed by atoms with E-state index in [0.29, 0.717) is 12.5 Å². The fourth-order valence-electron chi connectivity index (χ4n) is 1.78. The van der Waals surface area contributed by atoms with E-state index in [1.54, 1.807) is 4.90 Å². The minimum Gasteiger partial charge on any atom is -0.370 e. The van der Waals surface area contributed by atoms with Gasteiger partial charge in [0, 0.05) is 26.1 Å². The van der Waals surface area contributed by atoms with Crippen LogP contribution in [0.25, 0.3) is 0 Å². The molecule has 3 amide bonds. The van der Waals surface area contributed by atoms with Crippen LogP contribution in [0.1, 0.15) is 26.2 Å². The third-order valence-electron chi connectivity index (χ3n) is 2.59. The van der Waals surface area contributed by atoms with Crippen molar-refractivity contribution in [3.05, 3.63) is 0 Å². The number of amides is 3. The summed E-state index contributed by atoms with van der Waals surface area (Å²) in [7, 11) is 0. The van der Waals surface area contributed by atoms with E-state index in [1.165, 1.54) is 6.42 Å². The van der Waals surface area contributed by atoms with E-state index in [-0.39, 0.29) is 18.4 Å². The highest BCUT2D eigenvalue weighted by atomic mass is 16.2. The molecule has 1 aliphatic rings. The van der Waals surface area contributed by atoms with Gasteiger partial charge in [0.15, 0.2) is 0 Å². The molecular weight excluding hydrogens is 194 g/mol. The maximum absolute atomic E-state index is 11.6.